The molecule has 1 N–H and O–H groups in total. The third-order valence-corrected chi connectivity index (χ3v) is 3.25. The molecular formula is C15H11FO3. The Morgan fingerprint density at radius 2 is 1.89 bits per heavy atom. The predicted octanol–water partition coefficient (Wildman–Crippen LogP) is 3.22. The Bertz CT molecular complexity index is 664. The van der Waals surface area contributed by atoms with Gasteiger partial charge in [0.1, 0.15) is 5.82 Å². The van der Waals surface area contributed by atoms with E-state index in [1.807, 2.05) is 12.1 Å². The van der Waals surface area contributed by atoms with Crippen LogP contribution in [0.2, 0.25) is 0 Å². The zero-order valence-corrected chi connectivity index (χ0v) is 10.0. The normalized spacial score (nSPS) is 13.3. The summed E-state index contributed by atoms with van der Waals surface area (Å²) in [7, 11) is 0. The highest BCUT2D eigenvalue weighted by atomic mass is 19.1. The van der Waals surface area contributed by atoms with Gasteiger partial charge in [-0.05, 0) is 41.0 Å². The second-order valence-electron chi connectivity index (χ2n) is 4.48. The van der Waals surface area contributed by atoms with Gasteiger partial charge in [0.2, 0.25) is 0 Å². The second-order valence-corrected chi connectivity index (χ2v) is 4.48. The van der Waals surface area contributed by atoms with Gasteiger partial charge in [0.15, 0.2) is 0 Å². The summed E-state index contributed by atoms with van der Waals surface area (Å²) in [5, 5.41) is 8.96. The summed E-state index contributed by atoms with van der Waals surface area (Å²) in [6.45, 7) is 1.09. The highest BCUT2D eigenvalue weighted by molar-refractivity contribution is 5.89. The predicted molar refractivity (Wildman–Crippen MR) is 67.3 cm³/mol. The topological polar surface area (TPSA) is 46.5 Å². The number of carbonyl (C=O) groups is 1. The van der Waals surface area contributed by atoms with Gasteiger partial charge in [-0.2, -0.15) is 0 Å². The van der Waals surface area contributed by atoms with E-state index >= 15 is 0 Å². The number of halogens is 1. The first-order chi connectivity index (χ1) is 9.15. The van der Waals surface area contributed by atoms with Gasteiger partial charge >= 0.3 is 5.97 Å². The van der Waals surface area contributed by atoms with E-state index in [9.17, 15) is 9.18 Å². The van der Waals surface area contributed by atoms with Crippen LogP contribution in [0.25, 0.3) is 11.1 Å². The highest BCUT2D eigenvalue weighted by Crippen LogP contribution is 2.29. The Morgan fingerprint density at radius 1 is 1.11 bits per heavy atom. The number of hydrogen-bond acceptors (Lipinski definition) is 2. The number of aromatic carboxylic acids is 1. The molecule has 0 spiro atoms. The SMILES string of the molecule is O=C(O)c1ccc(F)c(-c2ccc3c(c2)COC3)c1. The summed E-state index contributed by atoms with van der Waals surface area (Å²) in [5.74, 6) is -1.49. The monoisotopic (exact) mass is 258 g/mol. The molecule has 0 fully saturated rings. The van der Waals surface area contributed by atoms with Crippen molar-refractivity contribution in [2.45, 2.75) is 13.2 Å². The molecule has 0 amide bonds. The van der Waals surface area contributed by atoms with Crippen molar-refractivity contribution in [1.29, 1.82) is 0 Å². The molecule has 2 aromatic carbocycles. The van der Waals surface area contributed by atoms with Crippen molar-refractivity contribution >= 4 is 5.97 Å². The minimum atomic E-state index is -1.06. The van der Waals surface area contributed by atoms with Gasteiger partial charge in [0, 0.05) is 5.56 Å². The zero-order chi connectivity index (χ0) is 13.4. The number of ether oxygens (including phenoxy) is 1. The lowest BCUT2D eigenvalue weighted by Gasteiger charge is -2.07. The number of carboxylic acids is 1. The van der Waals surface area contributed by atoms with E-state index in [1.54, 1.807) is 6.07 Å². The van der Waals surface area contributed by atoms with Gasteiger partial charge in [-0.15, -0.1) is 0 Å². The number of carboxylic acid groups (broad SMARTS) is 1. The molecule has 0 unspecified atom stereocenters. The Hall–Kier alpha value is -2.20. The van der Waals surface area contributed by atoms with Crippen molar-refractivity contribution in [3.05, 3.63) is 58.9 Å². The minimum absolute atomic E-state index is 0.0770. The smallest absolute Gasteiger partial charge is 0.335 e. The number of hydrogen-bond donors (Lipinski definition) is 1. The van der Waals surface area contributed by atoms with Gasteiger partial charge in [-0.25, -0.2) is 9.18 Å². The molecule has 2 aromatic rings. The van der Waals surface area contributed by atoms with Crippen molar-refractivity contribution in [3.63, 3.8) is 0 Å². The molecule has 0 bridgehead atoms. The van der Waals surface area contributed by atoms with E-state index in [0.717, 1.165) is 11.1 Å². The number of fused-ring (bicyclic) bond motifs is 1. The van der Waals surface area contributed by atoms with Gasteiger partial charge in [-0.3, -0.25) is 0 Å². The summed E-state index contributed by atoms with van der Waals surface area (Å²) in [6.07, 6.45) is 0. The molecule has 3 nitrogen and oxygen atoms in total. The third-order valence-electron chi connectivity index (χ3n) is 3.25. The molecule has 0 aliphatic carbocycles. The van der Waals surface area contributed by atoms with Crippen LogP contribution in [0.15, 0.2) is 36.4 Å². The lowest BCUT2D eigenvalue weighted by atomic mass is 9.98. The second kappa shape index (κ2) is 4.48. The molecule has 96 valence electrons. The first-order valence-corrected chi connectivity index (χ1v) is 5.88. The van der Waals surface area contributed by atoms with E-state index in [0.29, 0.717) is 24.3 Å². The van der Waals surface area contributed by atoms with Crippen molar-refractivity contribution in [2.24, 2.45) is 0 Å². The first-order valence-electron chi connectivity index (χ1n) is 5.88. The van der Waals surface area contributed by atoms with Crippen LogP contribution in [-0.2, 0) is 18.0 Å². The van der Waals surface area contributed by atoms with E-state index in [-0.39, 0.29) is 5.56 Å². The number of rotatable bonds is 2. The largest absolute Gasteiger partial charge is 0.478 e. The van der Waals surface area contributed by atoms with Gasteiger partial charge in [0.25, 0.3) is 0 Å². The van der Waals surface area contributed by atoms with Gasteiger partial charge in [-0.1, -0.05) is 12.1 Å². The lowest BCUT2D eigenvalue weighted by molar-refractivity contribution is 0.0697. The van der Waals surface area contributed by atoms with E-state index in [1.165, 1.54) is 18.2 Å². The van der Waals surface area contributed by atoms with E-state index in [4.69, 9.17) is 9.84 Å². The van der Waals surface area contributed by atoms with Crippen LogP contribution in [-0.4, -0.2) is 11.1 Å². The molecule has 1 aliphatic heterocycles. The average Bonchev–Trinajstić information content (AvgIpc) is 2.86. The zero-order valence-electron chi connectivity index (χ0n) is 10.0. The third kappa shape index (κ3) is 2.11. The molecule has 19 heavy (non-hydrogen) atoms. The van der Waals surface area contributed by atoms with Crippen molar-refractivity contribution in [3.8, 4) is 11.1 Å². The van der Waals surface area contributed by atoms with Gasteiger partial charge < -0.3 is 9.84 Å². The Kier molecular flexibility index (Phi) is 2.80. The standard InChI is InChI=1S/C15H11FO3/c16-14-4-3-10(15(17)18)6-13(14)9-1-2-11-7-19-8-12(11)5-9/h1-6H,7-8H2,(H,17,18). The molecule has 4 heteroatoms. The van der Waals surface area contributed by atoms with E-state index in [2.05, 4.69) is 0 Å². The molecule has 0 saturated carbocycles. The minimum Gasteiger partial charge on any atom is -0.478 e. The molecule has 0 radical (unpaired) electrons. The highest BCUT2D eigenvalue weighted by Gasteiger charge is 2.15. The molecule has 0 atom stereocenters. The molecule has 1 heterocycles. The van der Waals surface area contributed by atoms with E-state index < -0.39 is 11.8 Å². The maximum atomic E-state index is 13.8. The fourth-order valence-electron chi connectivity index (χ4n) is 2.22. The summed E-state index contributed by atoms with van der Waals surface area (Å²) in [6, 6.07) is 9.34. The first kappa shape index (κ1) is 11.9. The van der Waals surface area contributed by atoms with Crippen LogP contribution < -0.4 is 0 Å². The fraction of sp³-hybridized carbons (Fsp3) is 0.133. The summed E-state index contributed by atoms with van der Waals surface area (Å²) >= 11 is 0. The van der Waals surface area contributed by atoms with Crippen LogP contribution in [0.3, 0.4) is 0 Å². The number of benzene rings is 2. The summed E-state index contributed by atoms with van der Waals surface area (Å²) < 4.78 is 19.2. The van der Waals surface area contributed by atoms with Crippen molar-refractivity contribution < 1.29 is 19.0 Å². The Labute approximate surface area is 109 Å². The lowest BCUT2D eigenvalue weighted by Crippen LogP contribution is -1.98. The summed E-state index contributed by atoms with van der Waals surface area (Å²) in [5.41, 5.74) is 3.17. The fourth-order valence-corrected chi connectivity index (χ4v) is 2.22. The maximum Gasteiger partial charge on any atom is 0.335 e. The van der Waals surface area contributed by atoms with Crippen LogP contribution in [0, 0.1) is 5.82 Å². The average molecular weight is 258 g/mol. The Morgan fingerprint density at radius 3 is 2.68 bits per heavy atom. The molecule has 0 saturated heterocycles. The van der Waals surface area contributed by atoms with Crippen molar-refractivity contribution in [1.82, 2.24) is 0 Å². The molecule has 1 aliphatic rings. The maximum absolute atomic E-state index is 13.8. The Balaban J connectivity index is 2.11. The van der Waals surface area contributed by atoms with Crippen LogP contribution in [0.5, 0.6) is 0 Å². The quantitative estimate of drug-likeness (QED) is 0.899. The molecule has 0 aromatic heterocycles. The summed E-state index contributed by atoms with van der Waals surface area (Å²) in [4.78, 5) is 10.9. The molecular weight excluding hydrogens is 247 g/mol. The van der Waals surface area contributed by atoms with Crippen LogP contribution in [0.1, 0.15) is 21.5 Å². The van der Waals surface area contributed by atoms with Crippen LogP contribution >= 0.6 is 0 Å². The van der Waals surface area contributed by atoms with Crippen molar-refractivity contribution in [2.75, 3.05) is 0 Å². The van der Waals surface area contributed by atoms with Gasteiger partial charge in [0.05, 0.1) is 18.8 Å². The molecule has 3 rings (SSSR count). The van der Waals surface area contributed by atoms with Crippen LogP contribution in [0.4, 0.5) is 4.39 Å².